The van der Waals surface area contributed by atoms with Crippen molar-refractivity contribution in [3.63, 3.8) is 0 Å². The van der Waals surface area contributed by atoms with Crippen molar-refractivity contribution in [2.75, 3.05) is 6.54 Å². The monoisotopic (exact) mass is 269 g/mol. The van der Waals surface area contributed by atoms with Crippen molar-refractivity contribution in [2.24, 2.45) is 0 Å². The topological polar surface area (TPSA) is 32.3 Å². The Balaban J connectivity index is 1.99. The zero-order valence-corrected chi connectivity index (χ0v) is 12.4. The number of rotatable bonds is 5. The lowest BCUT2D eigenvalue weighted by atomic mass is 9.84. The van der Waals surface area contributed by atoms with Gasteiger partial charge < -0.3 is 10.4 Å². The molecule has 2 aromatic carbocycles. The van der Waals surface area contributed by atoms with E-state index < -0.39 is 0 Å². The summed E-state index contributed by atoms with van der Waals surface area (Å²) in [5.74, 6) is 0.311. The van der Waals surface area contributed by atoms with Crippen molar-refractivity contribution in [1.29, 1.82) is 0 Å². The van der Waals surface area contributed by atoms with E-state index in [-0.39, 0.29) is 11.5 Å². The second kappa shape index (κ2) is 6.10. The summed E-state index contributed by atoms with van der Waals surface area (Å²) in [5, 5.41) is 12.9. The van der Waals surface area contributed by atoms with Crippen LogP contribution >= 0.6 is 0 Å². The van der Waals surface area contributed by atoms with Gasteiger partial charge in [-0.2, -0.15) is 0 Å². The van der Waals surface area contributed by atoms with Crippen LogP contribution < -0.4 is 5.32 Å². The molecule has 2 rings (SSSR count). The second-order valence-electron chi connectivity index (χ2n) is 5.94. The molecule has 0 aromatic heterocycles. The summed E-state index contributed by atoms with van der Waals surface area (Å²) in [6.07, 6.45) is 0. The molecule has 20 heavy (non-hydrogen) atoms. The highest BCUT2D eigenvalue weighted by atomic mass is 16.3. The molecule has 1 unspecified atom stereocenters. The van der Waals surface area contributed by atoms with Gasteiger partial charge in [-0.05, 0) is 30.2 Å². The highest BCUT2D eigenvalue weighted by Crippen LogP contribution is 2.23. The third kappa shape index (κ3) is 3.61. The van der Waals surface area contributed by atoms with Crippen LogP contribution in [-0.4, -0.2) is 11.7 Å². The van der Waals surface area contributed by atoms with E-state index in [2.05, 4.69) is 50.4 Å². The Morgan fingerprint density at radius 1 is 1.00 bits per heavy atom. The Morgan fingerprint density at radius 3 is 2.20 bits per heavy atom. The van der Waals surface area contributed by atoms with Gasteiger partial charge >= 0.3 is 0 Å². The molecule has 106 valence electrons. The molecule has 2 aromatic rings. The minimum atomic E-state index is 0.0897. The SMILES string of the molecule is CC(NCC(C)(C)c1ccccc1)c1ccc(O)cc1. The Hall–Kier alpha value is -1.80. The molecule has 2 N–H and O–H groups in total. The first kappa shape index (κ1) is 14.6. The van der Waals surface area contributed by atoms with Crippen molar-refractivity contribution in [3.05, 3.63) is 65.7 Å². The maximum absolute atomic E-state index is 9.33. The summed E-state index contributed by atoms with van der Waals surface area (Å²) in [7, 11) is 0. The number of aromatic hydroxyl groups is 1. The largest absolute Gasteiger partial charge is 0.508 e. The molecule has 0 radical (unpaired) electrons. The molecule has 0 amide bonds. The van der Waals surface area contributed by atoms with Crippen molar-refractivity contribution < 1.29 is 5.11 Å². The Labute approximate surface area is 121 Å². The van der Waals surface area contributed by atoms with Gasteiger partial charge in [0.25, 0.3) is 0 Å². The summed E-state index contributed by atoms with van der Waals surface area (Å²) >= 11 is 0. The van der Waals surface area contributed by atoms with Crippen LogP contribution in [0.4, 0.5) is 0 Å². The third-order valence-corrected chi connectivity index (χ3v) is 3.80. The zero-order valence-electron chi connectivity index (χ0n) is 12.4. The summed E-state index contributed by atoms with van der Waals surface area (Å²) in [5.41, 5.74) is 2.61. The van der Waals surface area contributed by atoms with E-state index >= 15 is 0 Å². The van der Waals surface area contributed by atoms with E-state index in [0.717, 1.165) is 6.54 Å². The fourth-order valence-corrected chi connectivity index (χ4v) is 2.28. The Bertz CT molecular complexity index is 531. The highest BCUT2D eigenvalue weighted by Gasteiger charge is 2.20. The molecule has 2 nitrogen and oxygen atoms in total. The molecule has 2 heteroatoms. The first-order valence-electron chi connectivity index (χ1n) is 7.07. The maximum atomic E-state index is 9.33. The maximum Gasteiger partial charge on any atom is 0.115 e. The second-order valence-corrected chi connectivity index (χ2v) is 5.94. The van der Waals surface area contributed by atoms with Crippen molar-refractivity contribution >= 4 is 0 Å². The highest BCUT2D eigenvalue weighted by molar-refractivity contribution is 5.28. The molecular formula is C18H23NO. The van der Waals surface area contributed by atoms with Crippen LogP contribution in [0, 0.1) is 0 Å². The predicted molar refractivity (Wildman–Crippen MR) is 84.0 cm³/mol. The minimum absolute atomic E-state index is 0.0897. The summed E-state index contributed by atoms with van der Waals surface area (Å²) < 4.78 is 0. The molecule has 0 aliphatic rings. The van der Waals surface area contributed by atoms with Gasteiger partial charge in [-0.1, -0.05) is 56.3 Å². The number of hydrogen-bond acceptors (Lipinski definition) is 2. The van der Waals surface area contributed by atoms with Crippen LogP contribution in [-0.2, 0) is 5.41 Å². The van der Waals surface area contributed by atoms with Crippen LogP contribution in [0.15, 0.2) is 54.6 Å². The lowest BCUT2D eigenvalue weighted by Crippen LogP contribution is -2.34. The summed E-state index contributed by atoms with van der Waals surface area (Å²) in [6.45, 7) is 7.55. The van der Waals surface area contributed by atoms with Crippen LogP contribution in [0.25, 0.3) is 0 Å². The van der Waals surface area contributed by atoms with Crippen LogP contribution in [0.3, 0.4) is 0 Å². The van der Waals surface area contributed by atoms with Gasteiger partial charge in [0.1, 0.15) is 5.75 Å². The van der Waals surface area contributed by atoms with E-state index in [1.54, 1.807) is 12.1 Å². The molecule has 0 aliphatic carbocycles. The average molecular weight is 269 g/mol. The van der Waals surface area contributed by atoms with Crippen molar-refractivity contribution in [1.82, 2.24) is 5.32 Å². The number of phenolic OH excluding ortho intramolecular Hbond substituents is 1. The normalized spacial score (nSPS) is 13.2. The fraction of sp³-hybridized carbons (Fsp3) is 0.333. The average Bonchev–Trinajstić information content (AvgIpc) is 2.46. The van der Waals surface area contributed by atoms with Gasteiger partial charge in [-0.25, -0.2) is 0 Å². The Morgan fingerprint density at radius 2 is 1.60 bits per heavy atom. The van der Waals surface area contributed by atoms with E-state index in [4.69, 9.17) is 0 Å². The van der Waals surface area contributed by atoms with Gasteiger partial charge in [0, 0.05) is 18.0 Å². The first-order valence-corrected chi connectivity index (χ1v) is 7.07. The molecule has 0 aliphatic heterocycles. The molecule has 0 fully saturated rings. The lowest BCUT2D eigenvalue weighted by Gasteiger charge is -2.28. The first-order chi connectivity index (χ1) is 9.49. The molecular weight excluding hydrogens is 246 g/mol. The van der Waals surface area contributed by atoms with Crippen molar-refractivity contribution in [2.45, 2.75) is 32.2 Å². The number of nitrogens with one attached hydrogen (secondary N) is 1. The van der Waals surface area contributed by atoms with Gasteiger partial charge in [-0.15, -0.1) is 0 Å². The number of phenols is 1. The van der Waals surface area contributed by atoms with Gasteiger partial charge in [-0.3, -0.25) is 0 Å². The fourth-order valence-electron chi connectivity index (χ4n) is 2.28. The summed E-state index contributed by atoms with van der Waals surface area (Å²) in [4.78, 5) is 0. The molecule has 0 saturated heterocycles. The standard InChI is InChI=1S/C18H23NO/c1-14(15-9-11-17(20)12-10-15)19-13-18(2,3)16-7-5-4-6-8-16/h4-12,14,19-20H,13H2,1-3H3. The van der Waals surface area contributed by atoms with Crippen molar-refractivity contribution in [3.8, 4) is 5.75 Å². The molecule has 0 heterocycles. The molecule has 0 spiro atoms. The van der Waals surface area contributed by atoms with Crippen LogP contribution in [0.1, 0.15) is 37.9 Å². The zero-order chi connectivity index (χ0) is 14.6. The predicted octanol–water partition coefficient (Wildman–Crippen LogP) is 4.02. The smallest absolute Gasteiger partial charge is 0.115 e. The third-order valence-electron chi connectivity index (χ3n) is 3.80. The van der Waals surface area contributed by atoms with E-state index in [0.29, 0.717) is 5.75 Å². The Kier molecular flexibility index (Phi) is 4.46. The quantitative estimate of drug-likeness (QED) is 0.859. The number of hydrogen-bond donors (Lipinski definition) is 2. The molecule has 0 bridgehead atoms. The van der Waals surface area contributed by atoms with Gasteiger partial charge in [0.15, 0.2) is 0 Å². The van der Waals surface area contributed by atoms with E-state index in [1.165, 1.54) is 11.1 Å². The van der Waals surface area contributed by atoms with E-state index in [9.17, 15) is 5.11 Å². The molecule has 1 atom stereocenters. The van der Waals surface area contributed by atoms with E-state index in [1.807, 2.05) is 18.2 Å². The summed E-state index contributed by atoms with van der Waals surface area (Å²) in [6, 6.07) is 18.2. The van der Waals surface area contributed by atoms with Crippen LogP contribution in [0.2, 0.25) is 0 Å². The number of benzene rings is 2. The van der Waals surface area contributed by atoms with Gasteiger partial charge in [0.2, 0.25) is 0 Å². The molecule has 0 saturated carbocycles. The van der Waals surface area contributed by atoms with Crippen LogP contribution in [0.5, 0.6) is 5.75 Å². The van der Waals surface area contributed by atoms with Gasteiger partial charge in [0.05, 0.1) is 0 Å². The minimum Gasteiger partial charge on any atom is -0.508 e. The lowest BCUT2D eigenvalue weighted by molar-refractivity contribution is 0.434.